The second-order valence-electron chi connectivity index (χ2n) is 5.79. The summed E-state index contributed by atoms with van der Waals surface area (Å²) in [6, 6.07) is 12.5. The lowest BCUT2D eigenvalue weighted by Gasteiger charge is -2.09. The summed E-state index contributed by atoms with van der Waals surface area (Å²) in [6.45, 7) is 9.31. The van der Waals surface area contributed by atoms with Crippen molar-refractivity contribution in [3.8, 4) is 0 Å². The lowest BCUT2D eigenvalue weighted by molar-refractivity contribution is -0.387. The molecule has 0 saturated heterocycles. The lowest BCUT2D eigenvalue weighted by atomic mass is 10.0. The third kappa shape index (κ3) is 4.25. The number of aromatic nitrogens is 2. The molecule has 0 fully saturated rings. The predicted octanol–water partition coefficient (Wildman–Crippen LogP) is 6.16. The fraction of sp³-hybridized carbons (Fsp3) is 0.105. The minimum atomic E-state index is -0.790. The minimum absolute atomic E-state index is 0.0118. The lowest BCUT2D eigenvalue weighted by Crippen LogP contribution is -2.03. The molecule has 1 unspecified atom stereocenters. The van der Waals surface area contributed by atoms with Crippen LogP contribution in [0.2, 0.25) is 10.0 Å². The molecule has 140 valence electrons. The average molecular weight is 431 g/mol. The van der Waals surface area contributed by atoms with Gasteiger partial charge in [-0.3, -0.25) is 10.1 Å². The molecule has 0 radical (unpaired) electrons. The number of rotatable bonds is 5. The normalized spacial score (nSPS) is 11.6. The third-order valence-electron chi connectivity index (χ3n) is 3.87. The summed E-state index contributed by atoms with van der Waals surface area (Å²) in [7, 11) is 0. The summed E-state index contributed by atoms with van der Waals surface area (Å²) in [5.41, 5.74) is 1.68. The fourth-order valence-corrected chi connectivity index (χ4v) is 3.97. The molecule has 1 heterocycles. The summed E-state index contributed by atoms with van der Waals surface area (Å²) in [4.78, 5) is 14.9. The van der Waals surface area contributed by atoms with Crippen molar-refractivity contribution in [2.75, 3.05) is 0 Å². The number of hydrogen-bond donors (Lipinski definition) is 0. The largest absolute Gasteiger partial charge is 0.301 e. The Morgan fingerprint density at radius 1 is 1.14 bits per heavy atom. The molecule has 9 heteroatoms. The van der Waals surface area contributed by atoms with Crippen LogP contribution in [-0.2, 0) is 0 Å². The monoisotopic (exact) mass is 430 g/mol. The number of halogens is 2. The SMILES string of the molecule is [C-]#[N+]C(c1ccc(Sc2ccc(C)cc2[N+](=O)[O-])nn1)c1c(Cl)cccc1Cl. The smallest absolute Gasteiger partial charge is 0.295 e. The Bertz CT molecular complexity index is 1060. The van der Waals surface area contributed by atoms with Gasteiger partial charge in [0.2, 0.25) is 0 Å². The minimum Gasteiger partial charge on any atom is -0.301 e. The molecule has 0 amide bonds. The summed E-state index contributed by atoms with van der Waals surface area (Å²) in [5, 5.41) is 20.7. The van der Waals surface area contributed by atoms with Crippen LogP contribution >= 0.6 is 35.0 Å². The number of benzene rings is 2. The van der Waals surface area contributed by atoms with Crippen LogP contribution in [0.1, 0.15) is 22.9 Å². The van der Waals surface area contributed by atoms with Crippen LogP contribution in [0.15, 0.2) is 58.5 Å². The van der Waals surface area contributed by atoms with Crippen molar-refractivity contribution in [2.45, 2.75) is 22.9 Å². The van der Waals surface area contributed by atoms with Crippen molar-refractivity contribution in [1.82, 2.24) is 10.2 Å². The maximum atomic E-state index is 11.3. The molecule has 0 N–H and O–H groups in total. The van der Waals surface area contributed by atoms with Gasteiger partial charge >= 0.3 is 0 Å². The highest BCUT2D eigenvalue weighted by Crippen LogP contribution is 2.37. The van der Waals surface area contributed by atoms with Crippen LogP contribution in [0.3, 0.4) is 0 Å². The second-order valence-corrected chi connectivity index (χ2v) is 7.67. The maximum Gasteiger partial charge on any atom is 0.295 e. The molecule has 0 aliphatic rings. The average Bonchev–Trinajstić information content (AvgIpc) is 2.67. The van der Waals surface area contributed by atoms with Crippen molar-refractivity contribution in [1.29, 1.82) is 0 Å². The molecule has 1 aromatic heterocycles. The topological polar surface area (TPSA) is 73.3 Å². The van der Waals surface area contributed by atoms with E-state index in [2.05, 4.69) is 15.0 Å². The van der Waals surface area contributed by atoms with E-state index in [4.69, 9.17) is 29.8 Å². The Balaban J connectivity index is 1.90. The zero-order valence-electron chi connectivity index (χ0n) is 14.5. The van der Waals surface area contributed by atoms with E-state index in [1.165, 1.54) is 6.07 Å². The second kappa shape index (κ2) is 8.57. The van der Waals surface area contributed by atoms with Gasteiger partial charge in [0.25, 0.3) is 11.7 Å². The van der Waals surface area contributed by atoms with Gasteiger partial charge in [0.15, 0.2) is 0 Å². The molecule has 0 saturated carbocycles. The van der Waals surface area contributed by atoms with E-state index in [1.807, 2.05) is 0 Å². The number of nitro groups is 1. The molecule has 0 spiro atoms. The van der Waals surface area contributed by atoms with Gasteiger partial charge in [-0.25, -0.2) is 6.57 Å². The summed E-state index contributed by atoms with van der Waals surface area (Å²) in [6.07, 6.45) is 0. The van der Waals surface area contributed by atoms with Gasteiger partial charge < -0.3 is 4.85 Å². The van der Waals surface area contributed by atoms with Gasteiger partial charge in [-0.05, 0) is 42.8 Å². The quantitative estimate of drug-likeness (QED) is 0.275. The zero-order valence-corrected chi connectivity index (χ0v) is 16.8. The van der Waals surface area contributed by atoms with Crippen molar-refractivity contribution in [2.24, 2.45) is 0 Å². The molecular formula is C19H12Cl2N4O2S. The molecule has 3 rings (SSSR count). The molecule has 6 nitrogen and oxygen atoms in total. The van der Waals surface area contributed by atoms with E-state index in [1.54, 1.807) is 49.4 Å². The molecule has 1 atom stereocenters. The summed E-state index contributed by atoms with van der Waals surface area (Å²) >= 11 is 13.6. The van der Waals surface area contributed by atoms with Gasteiger partial charge in [-0.2, -0.15) is 0 Å². The molecule has 28 heavy (non-hydrogen) atoms. The molecule has 3 aromatic rings. The van der Waals surface area contributed by atoms with Gasteiger partial charge in [0.05, 0.1) is 25.4 Å². The molecule has 0 aliphatic carbocycles. The number of nitrogens with zero attached hydrogens (tertiary/aromatic N) is 4. The maximum absolute atomic E-state index is 11.3. The van der Waals surface area contributed by atoms with Gasteiger partial charge in [0.1, 0.15) is 10.7 Å². The molecular weight excluding hydrogens is 419 g/mol. The Labute approximate surface area is 175 Å². The van der Waals surface area contributed by atoms with E-state index in [9.17, 15) is 10.1 Å². The van der Waals surface area contributed by atoms with Gasteiger partial charge in [-0.15, -0.1) is 10.2 Å². The predicted molar refractivity (Wildman–Crippen MR) is 109 cm³/mol. The number of hydrogen-bond acceptors (Lipinski definition) is 5. The van der Waals surface area contributed by atoms with Crippen LogP contribution in [0.4, 0.5) is 5.69 Å². The standard InChI is InChI=1S/C19H12Cl2N4O2S/c1-11-6-8-16(15(10-11)25(26)27)28-17-9-7-14(23-24-17)19(22-2)18-12(20)4-3-5-13(18)21/h3-10,19H,1H3. The van der Waals surface area contributed by atoms with E-state index < -0.39 is 11.0 Å². The first-order chi connectivity index (χ1) is 13.4. The first-order valence-corrected chi connectivity index (χ1v) is 9.55. The Kier molecular flexibility index (Phi) is 6.15. The van der Waals surface area contributed by atoms with E-state index >= 15 is 0 Å². The van der Waals surface area contributed by atoms with Crippen LogP contribution in [0, 0.1) is 23.6 Å². The van der Waals surface area contributed by atoms with Crippen molar-refractivity contribution in [3.63, 3.8) is 0 Å². The van der Waals surface area contributed by atoms with E-state index in [0.29, 0.717) is 31.2 Å². The van der Waals surface area contributed by atoms with Crippen molar-refractivity contribution < 1.29 is 4.92 Å². The number of aryl methyl sites for hydroxylation is 1. The van der Waals surface area contributed by atoms with Crippen LogP contribution in [-0.4, -0.2) is 15.1 Å². The Morgan fingerprint density at radius 3 is 2.43 bits per heavy atom. The van der Waals surface area contributed by atoms with Crippen molar-refractivity contribution in [3.05, 3.63) is 96.9 Å². The fourth-order valence-electron chi connectivity index (χ4n) is 2.55. The molecule has 2 aromatic carbocycles. The highest BCUT2D eigenvalue weighted by Gasteiger charge is 2.27. The zero-order chi connectivity index (χ0) is 20.3. The van der Waals surface area contributed by atoms with E-state index in [0.717, 1.165) is 17.3 Å². The third-order valence-corrected chi connectivity index (χ3v) is 5.52. The van der Waals surface area contributed by atoms with Crippen molar-refractivity contribution >= 4 is 40.7 Å². The summed E-state index contributed by atoms with van der Waals surface area (Å²) in [5.74, 6) is 0. The Hall–Kier alpha value is -2.66. The van der Waals surface area contributed by atoms with Crippen LogP contribution < -0.4 is 0 Å². The highest BCUT2D eigenvalue weighted by molar-refractivity contribution is 7.99. The molecule has 0 bridgehead atoms. The highest BCUT2D eigenvalue weighted by atomic mass is 35.5. The van der Waals surface area contributed by atoms with Crippen LogP contribution in [0.25, 0.3) is 4.85 Å². The van der Waals surface area contributed by atoms with Gasteiger partial charge in [0, 0.05) is 6.07 Å². The van der Waals surface area contributed by atoms with Crippen LogP contribution in [0.5, 0.6) is 0 Å². The Morgan fingerprint density at radius 2 is 1.86 bits per heavy atom. The molecule has 0 aliphatic heterocycles. The summed E-state index contributed by atoms with van der Waals surface area (Å²) < 4.78 is 0. The van der Waals surface area contributed by atoms with E-state index in [-0.39, 0.29) is 5.69 Å². The first-order valence-electron chi connectivity index (χ1n) is 7.97. The first kappa shape index (κ1) is 20.1. The van der Waals surface area contributed by atoms with Gasteiger partial charge in [-0.1, -0.05) is 47.1 Å². The number of nitro benzene ring substituents is 1.